The summed E-state index contributed by atoms with van der Waals surface area (Å²) in [6.07, 6.45) is 17.4. The normalized spacial score (nSPS) is 12.4. The summed E-state index contributed by atoms with van der Waals surface area (Å²) in [5.74, 6) is 0. The van der Waals surface area contributed by atoms with Gasteiger partial charge in [0.25, 0.3) is 0 Å². The number of hydrogen-bond acceptors (Lipinski definition) is 2. The number of rotatable bonds is 14. The minimum Gasteiger partial charge on any atom is -0.519 e. The van der Waals surface area contributed by atoms with Crippen LogP contribution < -0.4 is 0 Å². The van der Waals surface area contributed by atoms with Crippen LogP contribution in [0.5, 0.6) is 0 Å². The zero-order chi connectivity index (χ0) is 15.8. The molecular weight excluding hydrogens is 276 g/mol. The molecule has 0 aromatic rings. The van der Waals surface area contributed by atoms with E-state index in [-0.39, 0.29) is 0 Å². The highest BCUT2D eigenvalue weighted by Crippen LogP contribution is 2.25. The third kappa shape index (κ3) is 10.6. The van der Waals surface area contributed by atoms with Crippen molar-refractivity contribution in [3.05, 3.63) is 24.7 Å². The van der Waals surface area contributed by atoms with Crippen LogP contribution in [0.2, 0.25) is 12.1 Å². The Balaban J connectivity index is 4.73. The van der Waals surface area contributed by atoms with Crippen LogP contribution in [0.25, 0.3) is 0 Å². The quantitative estimate of drug-likeness (QED) is 0.263. The lowest BCUT2D eigenvalue weighted by Crippen LogP contribution is -2.39. The van der Waals surface area contributed by atoms with Gasteiger partial charge in [0.05, 0.1) is 12.5 Å². The Morgan fingerprint density at radius 3 is 1.43 bits per heavy atom. The van der Waals surface area contributed by atoms with E-state index in [2.05, 4.69) is 39.8 Å². The van der Waals surface area contributed by atoms with Gasteiger partial charge < -0.3 is 8.85 Å². The second-order valence-corrected chi connectivity index (χ2v) is 8.97. The lowest BCUT2D eigenvalue weighted by Gasteiger charge is -2.28. The molecule has 0 fully saturated rings. The van der Waals surface area contributed by atoms with E-state index in [9.17, 15) is 0 Å². The minimum absolute atomic E-state index is 1.08. The van der Waals surface area contributed by atoms with E-state index in [1.807, 2.05) is 12.5 Å². The zero-order valence-electron chi connectivity index (χ0n) is 14.7. The fourth-order valence-corrected chi connectivity index (χ4v) is 5.34. The van der Waals surface area contributed by atoms with Gasteiger partial charge in [-0.05, 0) is 25.7 Å². The summed E-state index contributed by atoms with van der Waals surface area (Å²) in [7, 11) is -2.11. The third-order valence-electron chi connectivity index (χ3n) is 3.49. The second kappa shape index (κ2) is 14.2. The third-order valence-corrected chi connectivity index (χ3v) is 6.85. The van der Waals surface area contributed by atoms with E-state index in [0.29, 0.717) is 0 Å². The van der Waals surface area contributed by atoms with Gasteiger partial charge in [-0.15, -0.1) is 0 Å². The van der Waals surface area contributed by atoms with Crippen LogP contribution in [-0.2, 0) is 8.85 Å². The highest BCUT2D eigenvalue weighted by atomic mass is 28.4. The first-order valence-corrected chi connectivity index (χ1v) is 11.1. The van der Waals surface area contributed by atoms with Crippen LogP contribution in [-0.4, -0.2) is 8.56 Å². The van der Waals surface area contributed by atoms with Crippen molar-refractivity contribution in [3.8, 4) is 0 Å². The Hall–Kier alpha value is -0.703. The van der Waals surface area contributed by atoms with Gasteiger partial charge in [-0.1, -0.05) is 65.5 Å². The lowest BCUT2D eigenvalue weighted by atomic mass is 10.3. The molecule has 21 heavy (non-hydrogen) atoms. The maximum absolute atomic E-state index is 6.20. The fraction of sp³-hybridized carbons (Fsp3) is 0.778. The Morgan fingerprint density at radius 1 is 0.667 bits per heavy atom. The molecule has 0 aromatic heterocycles. The van der Waals surface area contributed by atoms with Crippen molar-refractivity contribution in [1.82, 2.24) is 0 Å². The average molecular weight is 313 g/mol. The van der Waals surface area contributed by atoms with E-state index in [4.69, 9.17) is 8.85 Å². The summed E-state index contributed by atoms with van der Waals surface area (Å²) in [4.78, 5) is 0. The van der Waals surface area contributed by atoms with Crippen molar-refractivity contribution >= 4 is 8.56 Å². The molecule has 0 bridgehead atoms. The molecule has 0 aromatic carbocycles. The first kappa shape index (κ1) is 20.3. The smallest absolute Gasteiger partial charge is 0.459 e. The van der Waals surface area contributed by atoms with Crippen molar-refractivity contribution in [3.63, 3.8) is 0 Å². The van der Waals surface area contributed by atoms with Gasteiger partial charge in [0, 0.05) is 12.1 Å². The molecule has 0 amide bonds. The molecular formula is C18H36O2Si. The average Bonchev–Trinajstić information content (AvgIpc) is 2.51. The molecule has 0 saturated heterocycles. The Kier molecular flexibility index (Phi) is 13.8. The molecule has 0 unspecified atom stereocenters. The SMILES string of the molecule is CCCC=CO[Si](CCCC)(CCCC)OC=CCCC. The van der Waals surface area contributed by atoms with Crippen LogP contribution in [0.15, 0.2) is 24.7 Å². The van der Waals surface area contributed by atoms with Crippen molar-refractivity contribution < 1.29 is 8.85 Å². The predicted octanol–water partition coefficient (Wildman–Crippen LogP) is 6.69. The molecule has 0 aliphatic carbocycles. The molecule has 0 saturated carbocycles. The predicted molar refractivity (Wildman–Crippen MR) is 95.5 cm³/mol. The van der Waals surface area contributed by atoms with E-state index in [0.717, 1.165) is 37.8 Å². The maximum atomic E-state index is 6.20. The van der Waals surface area contributed by atoms with Gasteiger partial charge in [-0.2, -0.15) is 0 Å². The van der Waals surface area contributed by atoms with Gasteiger partial charge in [0.15, 0.2) is 0 Å². The summed E-state index contributed by atoms with van der Waals surface area (Å²) in [5, 5.41) is 0. The number of allylic oxidation sites excluding steroid dienone is 2. The molecule has 0 N–H and O–H groups in total. The van der Waals surface area contributed by atoms with Crippen molar-refractivity contribution in [2.75, 3.05) is 0 Å². The second-order valence-electron chi connectivity index (χ2n) is 5.67. The Labute approximate surface area is 133 Å². The highest BCUT2D eigenvalue weighted by molar-refractivity contribution is 6.67. The van der Waals surface area contributed by atoms with E-state index in [1.54, 1.807) is 0 Å². The standard InChI is InChI=1S/C18H36O2Si/c1-5-9-13-15-19-21(17-11-7-3,18-12-8-4)20-16-14-10-6-2/h13-16H,5-12,17-18H2,1-4H3. The molecule has 2 nitrogen and oxygen atoms in total. The van der Waals surface area contributed by atoms with Gasteiger partial charge in [0.1, 0.15) is 0 Å². The largest absolute Gasteiger partial charge is 0.519 e. The molecule has 0 radical (unpaired) electrons. The van der Waals surface area contributed by atoms with Gasteiger partial charge in [0.2, 0.25) is 0 Å². The minimum atomic E-state index is -2.11. The highest BCUT2D eigenvalue weighted by Gasteiger charge is 2.38. The molecule has 124 valence electrons. The first-order chi connectivity index (χ1) is 10.2. The molecule has 0 atom stereocenters. The van der Waals surface area contributed by atoms with Crippen LogP contribution in [0, 0.1) is 0 Å². The topological polar surface area (TPSA) is 18.5 Å². The molecule has 0 rings (SSSR count). The maximum Gasteiger partial charge on any atom is 0.459 e. The zero-order valence-corrected chi connectivity index (χ0v) is 15.7. The molecule has 3 heteroatoms. The van der Waals surface area contributed by atoms with Crippen molar-refractivity contribution in [2.45, 2.75) is 91.1 Å². The summed E-state index contributed by atoms with van der Waals surface area (Å²) in [5.41, 5.74) is 0. The van der Waals surface area contributed by atoms with Crippen molar-refractivity contribution in [1.29, 1.82) is 0 Å². The van der Waals surface area contributed by atoms with E-state index < -0.39 is 8.56 Å². The van der Waals surface area contributed by atoms with Crippen LogP contribution in [0.4, 0.5) is 0 Å². The fourth-order valence-electron chi connectivity index (χ4n) is 2.09. The molecule has 0 aliphatic heterocycles. The number of hydrogen-bond donors (Lipinski definition) is 0. The summed E-state index contributed by atoms with van der Waals surface area (Å²) in [6.45, 7) is 8.85. The summed E-state index contributed by atoms with van der Waals surface area (Å²) in [6, 6.07) is 2.19. The van der Waals surface area contributed by atoms with Gasteiger partial charge >= 0.3 is 8.56 Å². The summed E-state index contributed by atoms with van der Waals surface area (Å²) < 4.78 is 12.4. The van der Waals surface area contributed by atoms with Crippen LogP contribution >= 0.6 is 0 Å². The van der Waals surface area contributed by atoms with E-state index in [1.165, 1.54) is 25.7 Å². The monoisotopic (exact) mass is 312 g/mol. The number of unbranched alkanes of at least 4 members (excludes halogenated alkanes) is 4. The molecule has 0 aliphatic rings. The molecule has 0 heterocycles. The Bertz CT molecular complexity index is 246. The van der Waals surface area contributed by atoms with Gasteiger partial charge in [-0.25, -0.2) is 0 Å². The lowest BCUT2D eigenvalue weighted by molar-refractivity contribution is 0.295. The molecule has 0 spiro atoms. The van der Waals surface area contributed by atoms with Crippen LogP contribution in [0.3, 0.4) is 0 Å². The van der Waals surface area contributed by atoms with Gasteiger partial charge in [-0.3, -0.25) is 0 Å². The van der Waals surface area contributed by atoms with Crippen molar-refractivity contribution in [2.24, 2.45) is 0 Å². The summed E-state index contributed by atoms with van der Waals surface area (Å²) >= 11 is 0. The van der Waals surface area contributed by atoms with E-state index >= 15 is 0 Å². The van der Waals surface area contributed by atoms with Crippen LogP contribution in [0.1, 0.15) is 79.1 Å². The Morgan fingerprint density at radius 2 is 1.10 bits per heavy atom. The first-order valence-electron chi connectivity index (χ1n) is 8.90.